The third kappa shape index (κ3) is 2.01. The van der Waals surface area contributed by atoms with Gasteiger partial charge in [0.2, 0.25) is 0 Å². The van der Waals surface area contributed by atoms with Crippen molar-refractivity contribution in [2.45, 2.75) is 0 Å². The maximum atomic E-state index is 5.49. The van der Waals surface area contributed by atoms with Crippen molar-refractivity contribution in [3.63, 3.8) is 0 Å². The van der Waals surface area contributed by atoms with Gasteiger partial charge in [-0.15, -0.1) is 0 Å². The first-order valence-corrected chi connectivity index (χ1v) is 7.68. The number of nitrogens with zero attached hydrogens (tertiary/aromatic N) is 2. The summed E-state index contributed by atoms with van der Waals surface area (Å²) in [4.78, 5) is 7.72. The molecule has 0 amide bonds. The molecular formula is C16H10BrN3S. The Hall–Kier alpha value is -1.98. The highest BCUT2D eigenvalue weighted by Gasteiger charge is 2.10. The second-order valence-corrected chi connectivity index (χ2v) is 6.09. The zero-order valence-electron chi connectivity index (χ0n) is 10.9. The summed E-state index contributed by atoms with van der Waals surface area (Å²) in [6.45, 7) is 0. The molecule has 0 aliphatic rings. The summed E-state index contributed by atoms with van der Waals surface area (Å²) >= 11 is 8.93. The molecule has 0 saturated heterocycles. The van der Waals surface area contributed by atoms with E-state index in [1.54, 1.807) is 6.20 Å². The lowest BCUT2D eigenvalue weighted by Crippen LogP contribution is -1.96. The van der Waals surface area contributed by atoms with E-state index in [4.69, 9.17) is 12.2 Å². The van der Waals surface area contributed by atoms with E-state index in [0.29, 0.717) is 4.77 Å². The summed E-state index contributed by atoms with van der Waals surface area (Å²) in [5, 5.41) is 2.34. The maximum Gasteiger partial charge on any atom is 0.184 e. The molecule has 0 unspecified atom stereocenters. The number of imidazole rings is 1. The number of H-pyrrole nitrogens is 1. The van der Waals surface area contributed by atoms with Crippen LogP contribution in [0.3, 0.4) is 0 Å². The summed E-state index contributed by atoms with van der Waals surface area (Å²) in [6.07, 6.45) is 1.78. The fourth-order valence-corrected chi connectivity index (χ4v) is 3.22. The van der Waals surface area contributed by atoms with Crippen molar-refractivity contribution in [2.24, 2.45) is 0 Å². The Kier molecular flexibility index (Phi) is 2.90. The van der Waals surface area contributed by atoms with Crippen LogP contribution >= 0.6 is 28.1 Å². The van der Waals surface area contributed by atoms with Crippen LogP contribution in [0, 0.1) is 4.77 Å². The molecule has 0 aliphatic heterocycles. The fourth-order valence-electron chi connectivity index (χ4n) is 2.60. The van der Waals surface area contributed by atoms with Gasteiger partial charge in [0.1, 0.15) is 0 Å². The molecule has 0 bridgehead atoms. The van der Waals surface area contributed by atoms with Gasteiger partial charge in [0.25, 0.3) is 0 Å². The van der Waals surface area contributed by atoms with Crippen LogP contribution in [0.5, 0.6) is 0 Å². The van der Waals surface area contributed by atoms with Crippen molar-refractivity contribution in [2.75, 3.05) is 0 Å². The molecule has 0 radical (unpaired) electrons. The van der Waals surface area contributed by atoms with Crippen LogP contribution < -0.4 is 0 Å². The molecule has 5 heteroatoms. The van der Waals surface area contributed by atoms with E-state index in [2.05, 4.69) is 50.2 Å². The molecule has 2 aromatic carbocycles. The number of aromatic nitrogens is 3. The van der Waals surface area contributed by atoms with E-state index in [0.717, 1.165) is 26.7 Å². The van der Waals surface area contributed by atoms with Crippen molar-refractivity contribution in [1.82, 2.24) is 14.5 Å². The predicted molar refractivity (Wildman–Crippen MR) is 91.5 cm³/mol. The lowest BCUT2D eigenvalue weighted by atomic mass is 10.1. The zero-order valence-corrected chi connectivity index (χ0v) is 13.3. The number of aromatic amines is 1. The molecule has 21 heavy (non-hydrogen) atoms. The minimum Gasteiger partial charge on any atom is -0.329 e. The summed E-state index contributed by atoms with van der Waals surface area (Å²) in [5.74, 6) is 0. The average molecular weight is 356 g/mol. The standard InChI is InChI=1S/C16H10BrN3S/c17-11-8-13-15(18-9-11)20(16(21)19-13)14-7-3-5-10-4-1-2-6-12(10)14/h1-9H,(H,19,21). The van der Waals surface area contributed by atoms with Crippen molar-refractivity contribution in [3.8, 4) is 5.69 Å². The van der Waals surface area contributed by atoms with E-state index in [-0.39, 0.29) is 0 Å². The van der Waals surface area contributed by atoms with Gasteiger partial charge in [0, 0.05) is 16.1 Å². The van der Waals surface area contributed by atoms with Gasteiger partial charge in [0.05, 0.1) is 11.2 Å². The van der Waals surface area contributed by atoms with Gasteiger partial charge in [-0.25, -0.2) is 4.98 Å². The molecule has 0 fully saturated rings. The number of nitrogens with one attached hydrogen (secondary N) is 1. The molecular weight excluding hydrogens is 346 g/mol. The van der Waals surface area contributed by atoms with Crippen LogP contribution in [0.4, 0.5) is 0 Å². The number of hydrogen-bond donors (Lipinski definition) is 1. The molecule has 2 aromatic heterocycles. The number of hydrogen-bond acceptors (Lipinski definition) is 2. The number of rotatable bonds is 1. The van der Waals surface area contributed by atoms with E-state index in [1.807, 2.05) is 28.8 Å². The van der Waals surface area contributed by atoms with Crippen LogP contribution in [0.2, 0.25) is 0 Å². The fraction of sp³-hybridized carbons (Fsp3) is 0. The summed E-state index contributed by atoms with van der Waals surface area (Å²) in [6, 6.07) is 16.5. The maximum absolute atomic E-state index is 5.49. The van der Waals surface area contributed by atoms with Crippen LogP contribution in [0.25, 0.3) is 27.6 Å². The van der Waals surface area contributed by atoms with E-state index in [9.17, 15) is 0 Å². The molecule has 0 atom stereocenters. The van der Waals surface area contributed by atoms with Crippen LogP contribution in [0.1, 0.15) is 0 Å². The molecule has 4 rings (SSSR count). The average Bonchev–Trinajstić information content (AvgIpc) is 2.81. The quantitative estimate of drug-likeness (QED) is 0.487. The van der Waals surface area contributed by atoms with E-state index >= 15 is 0 Å². The summed E-state index contributed by atoms with van der Waals surface area (Å²) in [5.41, 5.74) is 2.79. The number of pyridine rings is 1. The van der Waals surface area contributed by atoms with Gasteiger partial charge in [-0.3, -0.25) is 4.57 Å². The normalized spacial score (nSPS) is 11.3. The van der Waals surface area contributed by atoms with Gasteiger partial charge in [0.15, 0.2) is 10.4 Å². The first kappa shape index (κ1) is 12.7. The van der Waals surface area contributed by atoms with Gasteiger partial charge in [-0.2, -0.15) is 0 Å². The largest absolute Gasteiger partial charge is 0.329 e. The van der Waals surface area contributed by atoms with Gasteiger partial charge in [-0.1, -0.05) is 36.4 Å². The van der Waals surface area contributed by atoms with Crippen LogP contribution in [-0.2, 0) is 0 Å². The minimum absolute atomic E-state index is 0.645. The molecule has 2 heterocycles. The molecule has 102 valence electrons. The molecule has 1 N–H and O–H groups in total. The molecule has 0 spiro atoms. The van der Waals surface area contributed by atoms with Crippen LogP contribution in [-0.4, -0.2) is 14.5 Å². The second kappa shape index (κ2) is 4.79. The first-order valence-electron chi connectivity index (χ1n) is 6.48. The highest BCUT2D eigenvalue weighted by molar-refractivity contribution is 9.10. The number of fused-ring (bicyclic) bond motifs is 2. The van der Waals surface area contributed by atoms with Crippen molar-refractivity contribution in [3.05, 3.63) is 64.0 Å². The minimum atomic E-state index is 0.645. The van der Waals surface area contributed by atoms with Gasteiger partial charge in [-0.05, 0) is 45.7 Å². The van der Waals surface area contributed by atoms with Crippen molar-refractivity contribution >= 4 is 50.1 Å². The number of benzene rings is 2. The van der Waals surface area contributed by atoms with Crippen molar-refractivity contribution < 1.29 is 0 Å². The topological polar surface area (TPSA) is 33.6 Å². The summed E-state index contributed by atoms with van der Waals surface area (Å²) in [7, 11) is 0. The predicted octanol–water partition coefficient (Wildman–Crippen LogP) is 5.00. The SMILES string of the molecule is S=c1[nH]c2cc(Br)cnc2n1-c1cccc2ccccc12. The Balaban J connectivity index is 2.14. The Labute approximate surface area is 134 Å². The Morgan fingerprint density at radius 1 is 1.10 bits per heavy atom. The Bertz CT molecular complexity index is 1030. The van der Waals surface area contributed by atoms with E-state index in [1.165, 1.54) is 5.39 Å². The zero-order chi connectivity index (χ0) is 14.4. The lowest BCUT2D eigenvalue weighted by molar-refractivity contribution is 1.05. The Morgan fingerprint density at radius 2 is 1.90 bits per heavy atom. The monoisotopic (exact) mass is 355 g/mol. The number of halogens is 1. The lowest BCUT2D eigenvalue weighted by Gasteiger charge is -2.08. The molecule has 3 nitrogen and oxygen atoms in total. The molecule has 0 saturated carbocycles. The third-order valence-electron chi connectivity index (χ3n) is 3.50. The Morgan fingerprint density at radius 3 is 2.81 bits per heavy atom. The van der Waals surface area contributed by atoms with Crippen molar-refractivity contribution in [1.29, 1.82) is 0 Å². The van der Waals surface area contributed by atoms with E-state index < -0.39 is 0 Å². The smallest absolute Gasteiger partial charge is 0.184 e. The molecule has 0 aliphatic carbocycles. The highest BCUT2D eigenvalue weighted by atomic mass is 79.9. The van der Waals surface area contributed by atoms with Crippen LogP contribution in [0.15, 0.2) is 59.2 Å². The third-order valence-corrected chi connectivity index (χ3v) is 4.22. The van der Waals surface area contributed by atoms with Gasteiger partial charge >= 0.3 is 0 Å². The van der Waals surface area contributed by atoms with Gasteiger partial charge < -0.3 is 4.98 Å². The first-order chi connectivity index (χ1) is 10.2. The highest BCUT2D eigenvalue weighted by Crippen LogP contribution is 2.26. The molecule has 4 aromatic rings. The summed E-state index contributed by atoms with van der Waals surface area (Å²) < 4.78 is 3.56. The second-order valence-electron chi connectivity index (χ2n) is 4.79.